The molecule has 1 nitrogen and oxygen atoms in total. The fourth-order valence-corrected chi connectivity index (χ4v) is 2.40. The van der Waals surface area contributed by atoms with Crippen molar-refractivity contribution in [3.63, 3.8) is 0 Å². The van der Waals surface area contributed by atoms with Crippen LogP contribution in [0.1, 0.15) is 38.5 Å². The molecule has 2 saturated carbocycles. The molecule has 0 aromatic rings. The lowest BCUT2D eigenvalue weighted by Crippen LogP contribution is -2.28. The maximum absolute atomic E-state index is 11.2. The van der Waals surface area contributed by atoms with Gasteiger partial charge in [-0.25, -0.2) is 0 Å². The summed E-state index contributed by atoms with van der Waals surface area (Å²) < 4.78 is 0. The zero-order chi connectivity index (χ0) is 6.97. The quantitative estimate of drug-likeness (QED) is 0.501. The number of ketones is 1. The Morgan fingerprint density at radius 3 is 2.90 bits per heavy atom. The largest absolute Gasteiger partial charge is 0.299 e. The molecule has 0 aromatic carbocycles. The van der Waals surface area contributed by atoms with Gasteiger partial charge in [-0.3, -0.25) is 4.79 Å². The van der Waals surface area contributed by atoms with Gasteiger partial charge in [0.25, 0.3) is 0 Å². The molecule has 2 atom stereocenters. The molecule has 2 aliphatic rings. The number of carbonyl (C=O) groups is 1. The van der Waals surface area contributed by atoms with Gasteiger partial charge < -0.3 is 0 Å². The van der Waals surface area contributed by atoms with Gasteiger partial charge in [0.15, 0.2) is 0 Å². The van der Waals surface area contributed by atoms with E-state index in [0.717, 1.165) is 12.3 Å². The van der Waals surface area contributed by atoms with E-state index in [1.807, 2.05) is 0 Å². The Morgan fingerprint density at radius 1 is 1.20 bits per heavy atom. The molecule has 2 bridgehead atoms. The average molecular weight is 138 g/mol. The number of hydrogen-bond donors (Lipinski definition) is 0. The molecule has 10 heavy (non-hydrogen) atoms. The molecule has 0 heterocycles. The molecule has 0 N–H and O–H groups in total. The summed E-state index contributed by atoms with van der Waals surface area (Å²) in [6.07, 6.45) is 7.18. The van der Waals surface area contributed by atoms with Crippen molar-refractivity contribution in [3.05, 3.63) is 0 Å². The number of hydrogen-bond acceptors (Lipinski definition) is 1. The molecule has 0 aliphatic heterocycles. The van der Waals surface area contributed by atoms with Gasteiger partial charge in [-0.15, -0.1) is 0 Å². The molecule has 0 aromatic heterocycles. The molecular formula is C9H14O. The van der Waals surface area contributed by atoms with Crippen LogP contribution in [0.5, 0.6) is 0 Å². The van der Waals surface area contributed by atoms with E-state index in [4.69, 9.17) is 0 Å². The van der Waals surface area contributed by atoms with Crippen molar-refractivity contribution in [1.29, 1.82) is 0 Å². The first-order valence-corrected chi connectivity index (χ1v) is 4.39. The average Bonchev–Trinajstić information content (AvgIpc) is 1.99. The fraction of sp³-hybridized carbons (Fsp3) is 0.889. The van der Waals surface area contributed by atoms with Crippen molar-refractivity contribution >= 4 is 5.78 Å². The van der Waals surface area contributed by atoms with Gasteiger partial charge in [0, 0.05) is 12.3 Å². The molecular weight excluding hydrogens is 124 g/mol. The lowest BCUT2D eigenvalue weighted by Gasteiger charge is -2.32. The molecule has 56 valence electrons. The summed E-state index contributed by atoms with van der Waals surface area (Å²) in [4.78, 5) is 11.2. The van der Waals surface area contributed by atoms with Crippen LogP contribution < -0.4 is 0 Å². The van der Waals surface area contributed by atoms with E-state index in [0.29, 0.717) is 11.7 Å². The minimum Gasteiger partial charge on any atom is -0.299 e. The van der Waals surface area contributed by atoms with Crippen LogP contribution in [0.25, 0.3) is 0 Å². The first kappa shape index (κ1) is 6.38. The van der Waals surface area contributed by atoms with E-state index in [1.54, 1.807) is 0 Å². The first-order chi connectivity index (χ1) is 4.86. The van der Waals surface area contributed by atoms with Crippen LogP contribution in [0, 0.1) is 11.8 Å². The van der Waals surface area contributed by atoms with Crippen LogP contribution in [0.2, 0.25) is 0 Å². The molecule has 0 amide bonds. The van der Waals surface area contributed by atoms with Crippen molar-refractivity contribution < 1.29 is 4.79 Å². The number of fused-ring (bicyclic) bond motifs is 2. The minimum absolute atomic E-state index is 0.479. The molecule has 0 radical (unpaired) electrons. The van der Waals surface area contributed by atoms with Gasteiger partial charge >= 0.3 is 0 Å². The molecule has 2 fully saturated rings. The Kier molecular flexibility index (Phi) is 1.51. The summed E-state index contributed by atoms with van der Waals surface area (Å²) in [7, 11) is 0. The minimum atomic E-state index is 0.479. The topological polar surface area (TPSA) is 17.1 Å². The number of Topliss-reactive ketones (excluding diaryl/α,β-unsaturated/α-hetero) is 1. The summed E-state index contributed by atoms with van der Waals surface area (Å²) in [6.45, 7) is 0. The summed E-state index contributed by atoms with van der Waals surface area (Å²) >= 11 is 0. The SMILES string of the molecule is O=C1CC[C@H]2CCC[C@@H]1C2. The van der Waals surface area contributed by atoms with Crippen molar-refractivity contribution in [2.45, 2.75) is 38.5 Å². The lowest BCUT2D eigenvalue weighted by atomic mass is 9.72. The fourth-order valence-electron chi connectivity index (χ4n) is 2.40. The highest BCUT2D eigenvalue weighted by atomic mass is 16.1. The third-order valence-electron chi connectivity index (χ3n) is 3.04. The monoisotopic (exact) mass is 138 g/mol. The van der Waals surface area contributed by atoms with Crippen molar-refractivity contribution in [3.8, 4) is 0 Å². The third-order valence-corrected chi connectivity index (χ3v) is 3.04. The third kappa shape index (κ3) is 0.979. The maximum atomic E-state index is 11.2. The predicted molar refractivity (Wildman–Crippen MR) is 39.7 cm³/mol. The Bertz CT molecular complexity index is 151. The molecule has 1 heteroatoms. The van der Waals surface area contributed by atoms with Crippen molar-refractivity contribution in [1.82, 2.24) is 0 Å². The van der Waals surface area contributed by atoms with Crippen LogP contribution in [0.3, 0.4) is 0 Å². The van der Waals surface area contributed by atoms with Crippen LogP contribution >= 0.6 is 0 Å². The zero-order valence-corrected chi connectivity index (χ0v) is 6.31. The summed E-state index contributed by atoms with van der Waals surface area (Å²) in [5, 5.41) is 0. The Morgan fingerprint density at radius 2 is 2.10 bits per heavy atom. The maximum Gasteiger partial charge on any atom is 0.135 e. The zero-order valence-electron chi connectivity index (χ0n) is 6.31. The van der Waals surface area contributed by atoms with Gasteiger partial charge in [0.05, 0.1) is 0 Å². The van der Waals surface area contributed by atoms with Crippen LogP contribution in [0.15, 0.2) is 0 Å². The molecule has 2 aliphatic carbocycles. The van der Waals surface area contributed by atoms with Gasteiger partial charge in [-0.2, -0.15) is 0 Å². The lowest BCUT2D eigenvalue weighted by molar-refractivity contribution is -0.127. The van der Waals surface area contributed by atoms with E-state index in [9.17, 15) is 4.79 Å². The Hall–Kier alpha value is -0.330. The van der Waals surface area contributed by atoms with Crippen LogP contribution in [-0.4, -0.2) is 5.78 Å². The van der Waals surface area contributed by atoms with Crippen LogP contribution in [0.4, 0.5) is 0 Å². The van der Waals surface area contributed by atoms with Crippen molar-refractivity contribution in [2.75, 3.05) is 0 Å². The highest BCUT2D eigenvalue weighted by molar-refractivity contribution is 5.81. The summed E-state index contributed by atoms with van der Waals surface area (Å²) in [5.41, 5.74) is 0. The molecule has 0 saturated heterocycles. The second kappa shape index (κ2) is 2.37. The van der Waals surface area contributed by atoms with E-state index in [1.165, 1.54) is 32.1 Å². The smallest absolute Gasteiger partial charge is 0.135 e. The van der Waals surface area contributed by atoms with Gasteiger partial charge in [-0.05, 0) is 25.2 Å². The Balaban J connectivity index is 2.07. The van der Waals surface area contributed by atoms with Crippen LogP contribution in [-0.2, 0) is 4.79 Å². The standard InChI is InChI=1S/C9H14O/c10-9-5-4-7-2-1-3-8(9)6-7/h7-8H,1-6H2/t7-,8-/m1/s1. The summed E-state index contributed by atoms with van der Waals surface area (Å²) in [5.74, 6) is 1.94. The summed E-state index contributed by atoms with van der Waals surface area (Å²) in [6, 6.07) is 0. The highest BCUT2D eigenvalue weighted by Gasteiger charge is 2.31. The second-order valence-corrected chi connectivity index (χ2v) is 3.73. The van der Waals surface area contributed by atoms with E-state index >= 15 is 0 Å². The molecule has 0 unspecified atom stereocenters. The normalized spacial score (nSPS) is 39.8. The predicted octanol–water partition coefficient (Wildman–Crippen LogP) is 2.16. The number of rotatable bonds is 0. The molecule has 0 spiro atoms. The second-order valence-electron chi connectivity index (χ2n) is 3.73. The van der Waals surface area contributed by atoms with Gasteiger partial charge in [0.1, 0.15) is 5.78 Å². The van der Waals surface area contributed by atoms with E-state index < -0.39 is 0 Å². The highest BCUT2D eigenvalue weighted by Crippen LogP contribution is 2.37. The van der Waals surface area contributed by atoms with E-state index in [-0.39, 0.29) is 0 Å². The van der Waals surface area contributed by atoms with Gasteiger partial charge in [-0.1, -0.05) is 12.8 Å². The Labute approximate surface area is 61.8 Å². The van der Waals surface area contributed by atoms with Gasteiger partial charge in [0.2, 0.25) is 0 Å². The number of carbonyl (C=O) groups excluding carboxylic acids is 1. The first-order valence-electron chi connectivity index (χ1n) is 4.39. The van der Waals surface area contributed by atoms with Crippen molar-refractivity contribution in [2.24, 2.45) is 11.8 Å². The molecule has 2 rings (SSSR count). The van der Waals surface area contributed by atoms with E-state index in [2.05, 4.69) is 0 Å².